The summed E-state index contributed by atoms with van der Waals surface area (Å²) in [5.41, 5.74) is 3.16. The van der Waals surface area contributed by atoms with E-state index in [0.717, 1.165) is 11.1 Å². The number of carbonyl (C=O) groups excluding carboxylic acids is 3. The summed E-state index contributed by atoms with van der Waals surface area (Å²) in [6.07, 6.45) is 0.427. The average molecular weight is 385 g/mol. The Bertz CT molecular complexity index is 948. The summed E-state index contributed by atoms with van der Waals surface area (Å²) < 4.78 is 4.71. The van der Waals surface area contributed by atoms with E-state index in [9.17, 15) is 14.4 Å². The molecule has 27 heavy (non-hydrogen) atoms. The number of aryl methyl sites for hydroxylation is 2. The molecular formula is C19H19N3O4S. The molecule has 8 heteroatoms. The van der Waals surface area contributed by atoms with Crippen LogP contribution in [-0.2, 0) is 14.3 Å². The molecule has 1 aromatic carbocycles. The molecule has 0 radical (unpaired) electrons. The lowest BCUT2D eigenvalue weighted by Crippen LogP contribution is -2.36. The lowest BCUT2D eigenvalue weighted by atomic mass is 10.1. The van der Waals surface area contributed by atoms with Gasteiger partial charge in [-0.15, -0.1) is 11.3 Å². The zero-order chi connectivity index (χ0) is 19.6. The second kappa shape index (κ2) is 7.71. The second-order valence-corrected chi connectivity index (χ2v) is 7.07. The highest BCUT2D eigenvalue weighted by molar-refractivity contribution is 7.12. The van der Waals surface area contributed by atoms with Crippen LogP contribution in [0.15, 0.2) is 34.7 Å². The Kier molecular flexibility index (Phi) is 5.36. The second-order valence-electron chi connectivity index (χ2n) is 6.15. The Labute approximate surface area is 160 Å². The first kappa shape index (κ1) is 18.8. The summed E-state index contributed by atoms with van der Waals surface area (Å²) in [5.74, 6) is -1.12. The summed E-state index contributed by atoms with van der Waals surface area (Å²) in [5, 5.41) is 9.95. The molecule has 0 atom stereocenters. The molecule has 0 spiro atoms. The van der Waals surface area contributed by atoms with E-state index >= 15 is 0 Å². The van der Waals surface area contributed by atoms with Crippen LogP contribution in [0.25, 0.3) is 0 Å². The number of anilines is 2. The van der Waals surface area contributed by atoms with Crippen molar-refractivity contribution >= 4 is 46.2 Å². The monoisotopic (exact) mass is 385 g/mol. The lowest BCUT2D eigenvalue weighted by molar-refractivity contribution is -0.118. The summed E-state index contributed by atoms with van der Waals surface area (Å²) >= 11 is 1.18. The van der Waals surface area contributed by atoms with Gasteiger partial charge in [0, 0.05) is 12.8 Å². The first-order chi connectivity index (χ1) is 12.9. The number of thiophene rings is 1. The SMILES string of the molecule is COC(=O)c1sccc1NC(=O)C1=NN(c2cc(C)ccc2C)C(=O)CC1. The van der Waals surface area contributed by atoms with Crippen molar-refractivity contribution in [3.8, 4) is 0 Å². The molecule has 140 valence electrons. The minimum Gasteiger partial charge on any atom is -0.465 e. The first-order valence-corrected chi connectivity index (χ1v) is 9.23. The number of carbonyl (C=O) groups is 3. The standard InChI is InChI=1S/C19H19N3O4S/c1-11-4-5-12(2)15(10-11)22-16(23)7-6-14(21-22)18(24)20-13-8-9-27-17(13)19(25)26-3/h4-5,8-10H,6-7H2,1-3H3,(H,20,24). The molecule has 0 saturated heterocycles. The lowest BCUT2D eigenvalue weighted by Gasteiger charge is -2.24. The van der Waals surface area contributed by atoms with Gasteiger partial charge in [-0.3, -0.25) is 9.59 Å². The Morgan fingerprint density at radius 3 is 2.74 bits per heavy atom. The Morgan fingerprint density at radius 2 is 2.00 bits per heavy atom. The van der Waals surface area contributed by atoms with Crippen LogP contribution in [0.2, 0.25) is 0 Å². The van der Waals surface area contributed by atoms with Crippen molar-refractivity contribution in [1.82, 2.24) is 0 Å². The van der Waals surface area contributed by atoms with Crippen molar-refractivity contribution in [2.24, 2.45) is 5.10 Å². The molecular weight excluding hydrogens is 366 g/mol. The molecule has 1 aliphatic heterocycles. The molecule has 0 fully saturated rings. The molecule has 1 aliphatic rings. The number of nitrogens with zero attached hydrogens (tertiary/aromatic N) is 2. The molecule has 0 saturated carbocycles. The normalized spacial score (nSPS) is 14.0. The molecule has 2 amide bonds. The molecule has 0 bridgehead atoms. The predicted molar refractivity (Wildman–Crippen MR) is 104 cm³/mol. The highest BCUT2D eigenvalue weighted by Gasteiger charge is 2.27. The number of nitrogens with one attached hydrogen (secondary N) is 1. The van der Waals surface area contributed by atoms with Crippen LogP contribution in [0.1, 0.15) is 33.6 Å². The number of hydrazone groups is 1. The number of hydrogen-bond donors (Lipinski definition) is 1. The molecule has 2 heterocycles. The third kappa shape index (κ3) is 3.90. The quantitative estimate of drug-likeness (QED) is 0.818. The third-order valence-corrected chi connectivity index (χ3v) is 5.07. The van der Waals surface area contributed by atoms with Gasteiger partial charge >= 0.3 is 5.97 Å². The van der Waals surface area contributed by atoms with Gasteiger partial charge in [-0.2, -0.15) is 5.10 Å². The van der Waals surface area contributed by atoms with Gasteiger partial charge < -0.3 is 10.1 Å². The van der Waals surface area contributed by atoms with E-state index in [1.54, 1.807) is 11.4 Å². The van der Waals surface area contributed by atoms with E-state index in [1.807, 2.05) is 32.0 Å². The summed E-state index contributed by atoms with van der Waals surface area (Å²) in [4.78, 5) is 37.1. The van der Waals surface area contributed by atoms with Crippen LogP contribution < -0.4 is 10.3 Å². The average Bonchev–Trinajstić information content (AvgIpc) is 3.11. The minimum absolute atomic E-state index is 0.161. The topological polar surface area (TPSA) is 88.1 Å². The molecule has 1 aromatic heterocycles. The largest absolute Gasteiger partial charge is 0.465 e. The van der Waals surface area contributed by atoms with Crippen LogP contribution in [0.4, 0.5) is 11.4 Å². The van der Waals surface area contributed by atoms with E-state index < -0.39 is 11.9 Å². The van der Waals surface area contributed by atoms with Crippen LogP contribution >= 0.6 is 11.3 Å². The van der Waals surface area contributed by atoms with Gasteiger partial charge in [-0.1, -0.05) is 12.1 Å². The fourth-order valence-corrected chi connectivity index (χ4v) is 3.47. The highest BCUT2D eigenvalue weighted by Crippen LogP contribution is 2.27. The van der Waals surface area contributed by atoms with E-state index in [-0.39, 0.29) is 24.5 Å². The maximum absolute atomic E-state index is 12.6. The number of rotatable bonds is 4. The van der Waals surface area contributed by atoms with Crippen molar-refractivity contribution < 1.29 is 19.1 Å². The predicted octanol–water partition coefficient (Wildman–Crippen LogP) is 3.27. The number of benzene rings is 1. The van der Waals surface area contributed by atoms with E-state index in [0.29, 0.717) is 16.3 Å². The van der Waals surface area contributed by atoms with Gasteiger partial charge in [0.25, 0.3) is 5.91 Å². The Morgan fingerprint density at radius 1 is 1.22 bits per heavy atom. The third-order valence-electron chi connectivity index (χ3n) is 4.17. The van der Waals surface area contributed by atoms with Gasteiger partial charge in [0.15, 0.2) is 0 Å². The van der Waals surface area contributed by atoms with Crippen molar-refractivity contribution in [2.75, 3.05) is 17.4 Å². The summed E-state index contributed by atoms with van der Waals surface area (Å²) in [6.45, 7) is 3.82. The Balaban J connectivity index is 1.87. The number of hydrogen-bond acceptors (Lipinski definition) is 6. The zero-order valence-corrected chi connectivity index (χ0v) is 16.1. The fourth-order valence-electron chi connectivity index (χ4n) is 2.71. The zero-order valence-electron chi connectivity index (χ0n) is 15.2. The van der Waals surface area contributed by atoms with Crippen LogP contribution in [-0.4, -0.2) is 30.6 Å². The van der Waals surface area contributed by atoms with Crippen molar-refractivity contribution in [3.05, 3.63) is 45.6 Å². The Hall–Kier alpha value is -3.00. The van der Waals surface area contributed by atoms with Crippen LogP contribution in [0, 0.1) is 13.8 Å². The van der Waals surface area contributed by atoms with Gasteiger partial charge in [0.2, 0.25) is 5.91 Å². The van der Waals surface area contributed by atoms with E-state index in [1.165, 1.54) is 23.5 Å². The molecule has 1 N–H and O–H groups in total. The van der Waals surface area contributed by atoms with Crippen molar-refractivity contribution in [1.29, 1.82) is 0 Å². The minimum atomic E-state index is -0.516. The first-order valence-electron chi connectivity index (χ1n) is 8.35. The van der Waals surface area contributed by atoms with Crippen LogP contribution in [0.3, 0.4) is 0 Å². The fraction of sp³-hybridized carbons (Fsp3) is 0.263. The molecule has 0 aliphatic carbocycles. The van der Waals surface area contributed by atoms with Crippen molar-refractivity contribution in [2.45, 2.75) is 26.7 Å². The number of esters is 1. The van der Waals surface area contributed by atoms with E-state index in [2.05, 4.69) is 10.4 Å². The van der Waals surface area contributed by atoms with Gasteiger partial charge in [0.1, 0.15) is 10.6 Å². The van der Waals surface area contributed by atoms with Crippen molar-refractivity contribution in [3.63, 3.8) is 0 Å². The van der Waals surface area contributed by atoms with Gasteiger partial charge in [-0.25, -0.2) is 9.80 Å². The molecule has 7 nitrogen and oxygen atoms in total. The highest BCUT2D eigenvalue weighted by atomic mass is 32.1. The number of methoxy groups -OCH3 is 1. The molecule has 0 unspecified atom stereocenters. The maximum Gasteiger partial charge on any atom is 0.350 e. The number of ether oxygens (including phenoxy) is 1. The summed E-state index contributed by atoms with van der Waals surface area (Å²) in [7, 11) is 1.28. The van der Waals surface area contributed by atoms with Gasteiger partial charge in [0.05, 0.1) is 18.5 Å². The molecule has 3 rings (SSSR count). The smallest absolute Gasteiger partial charge is 0.350 e. The van der Waals surface area contributed by atoms with Crippen LogP contribution in [0.5, 0.6) is 0 Å². The maximum atomic E-state index is 12.6. The number of amides is 2. The van der Waals surface area contributed by atoms with E-state index in [4.69, 9.17) is 4.74 Å². The van der Waals surface area contributed by atoms with Gasteiger partial charge in [-0.05, 0) is 42.5 Å². The summed E-state index contributed by atoms with van der Waals surface area (Å²) in [6, 6.07) is 7.36. The molecule has 2 aromatic rings.